The van der Waals surface area contributed by atoms with E-state index in [1.807, 2.05) is 30.0 Å². The van der Waals surface area contributed by atoms with Crippen LogP contribution in [0.3, 0.4) is 0 Å². The Morgan fingerprint density at radius 2 is 1.76 bits per heavy atom. The summed E-state index contributed by atoms with van der Waals surface area (Å²) in [7, 11) is 0. The number of aliphatic hydroxyl groups excluding tert-OH is 1. The fraction of sp³-hybridized carbons (Fsp3) is 0.158. The minimum atomic E-state index is 0.0863. The Morgan fingerprint density at radius 3 is 2.48 bits per heavy atom. The van der Waals surface area contributed by atoms with Crippen LogP contribution in [0.15, 0.2) is 53.9 Å². The molecule has 1 heterocycles. The van der Waals surface area contributed by atoms with Gasteiger partial charge >= 0.3 is 0 Å². The maximum atomic E-state index is 9.17. The minimum absolute atomic E-state index is 0.0863. The molecule has 0 unspecified atom stereocenters. The second-order valence-electron chi connectivity index (χ2n) is 5.13. The number of benzene rings is 2. The van der Waals surface area contributed by atoms with Gasteiger partial charge in [0.1, 0.15) is 0 Å². The van der Waals surface area contributed by atoms with Crippen molar-refractivity contribution in [3.8, 4) is 0 Å². The molecule has 0 aromatic heterocycles. The standard InChI is InChI=1S/C19H18OS/c20-13-17-5-1-3-15(11-17)7-8-16-4-2-6-18(12-16)19-9-10-21-14-19/h1-8,11-12,14,20H,9-10,13H2. The van der Waals surface area contributed by atoms with Gasteiger partial charge in [-0.05, 0) is 51.8 Å². The van der Waals surface area contributed by atoms with Gasteiger partial charge in [0, 0.05) is 5.75 Å². The molecule has 2 aromatic carbocycles. The van der Waals surface area contributed by atoms with Gasteiger partial charge in [-0.1, -0.05) is 48.6 Å². The van der Waals surface area contributed by atoms with Gasteiger partial charge in [-0.15, -0.1) is 11.8 Å². The topological polar surface area (TPSA) is 20.2 Å². The molecule has 0 amide bonds. The van der Waals surface area contributed by atoms with Crippen molar-refractivity contribution in [3.05, 3.63) is 76.2 Å². The highest BCUT2D eigenvalue weighted by Crippen LogP contribution is 2.30. The third-order valence-corrected chi connectivity index (χ3v) is 4.47. The van der Waals surface area contributed by atoms with Crippen molar-refractivity contribution in [2.24, 2.45) is 0 Å². The average molecular weight is 294 g/mol. The highest BCUT2D eigenvalue weighted by molar-refractivity contribution is 8.02. The van der Waals surface area contributed by atoms with Gasteiger partial charge in [0.05, 0.1) is 6.61 Å². The maximum absolute atomic E-state index is 9.17. The van der Waals surface area contributed by atoms with Crippen molar-refractivity contribution in [1.29, 1.82) is 0 Å². The second kappa shape index (κ2) is 6.79. The van der Waals surface area contributed by atoms with E-state index in [2.05, 4.69) is 47.9 Å². The van der Waals surface area contributed by atoms with Crippen LogP contribution in [0.1, 0.15) is 28.7 Å². The van der Waals surface area contributed by atoms with Gasteiger partial charge in [-0.3, -0.25) is 0 Å². The molecule has 21 heavy (non-hydrogen) atoms. The van der Waals surface area contributed by atoms with Crippen LogP contribution < -0.4 is 0 Å². The van der Waals surface area contributed by atoms with Crippen LogP contribution in [0, 0.1) is 0 Å². The summed E-state index contributed by atoms with van der Waals surface area (Å²) in [6, 6.07) is 16.6. The summed E-state index contributed by atoms with van der Waals surface area (Å²) in [6.07, 6.45) is 5.38. The van der Waals surface area contributed by atoms with Crippen molar-refractivity contribution in [3.63, 3.8) is 0 Å². The van der Waals surface area contributed by atoms with E-state index in [1.165, 1.54) is 22.5 Å². The quantitative estimate of drug-likeness (QED) is 0.815. The average Bonchev–Trinajstić information content (AvgIpc) is 3.08. The third kappa shape index (κ3) is 3.66. The molecular weight excluding hydrogens is 276 g/mol. The molecule has 0 saturated carbocycles. The Kier molecular flexibility index (Phi) is 4.59. The lowest BCUT2D eigenvalue weighted by Gasteiger charge is -2.03. The molecule has 1 aliphatic rings. The maximum Gasteiger partial charge on any atom is 0.0682 e. The minimum Gasteiger partial charge on any atom is -0.392 e. The van der Waals surface area contributed by atoms with E-state index in [1.54, 1.807) is 0 Å². The van der Waals surface area contributed by atoms with E-state index < -0.39 is 0 Å². The van der Waals surface area contributed by atoms with Crippen LogP contribution in [0.5, 0.6) is 0 Å². The van der Waals surface area contributed by atoms with E-state index in [0.29, 0.717) is 0 Å². The zero-order valence-corrected chi connectivity index (χ0v) is 12.6. The zero-order valence-electron chi connectivity index (χ0n) is 11.8. The van der Waals surface area contributed by atoms with Crippen LogP contribution in [-0.2, 0) is 6.61 Å². The van der Waals surface area contributed by atoms with Gasteiger partial charge in [0.15, 0.2) is 0 Å². The summed E-state index contributed by atoms with van der Waals surface area (Å²) in [4.78, 5) is 0. The van der Waals surface area contributed by atoms with Gasteiger partial charge in [-0.2, -0.15) is 0 Å². The summed E-state index contributed by atoms with van der Waals surface area (Å²) >= 11 is 1.89. The molecule has 1 aliphatic heterocycles. The Labute approximate surface area is 130 Å². The first-order chi connectivity index (χ1) is 10.3. The number of allylic oxidation sites excluding steroid dienone is 1. The molecule has 0 fully saturated rings. The third-order valence-electron chi connectivity index (χ3n) is 3.57. The van der Waals surface area contributed by atoms with Crippen molar-refractivity contribution in [2.75, 3.05) is 5.75 Å². The Hall–Kier alpha value is -1.77. The number of thioether (sulfide) groups is 1. The van der Waals surface area contributed by atoms with E-state index in [4.69, 9.17) is 0 Å². The predicted molar refractivity (Wildman–Crippen MR) is 92.8 cm³/mol. The molecule has 0 spiro atoms. The summed E-state index contributed by atoms with van der Waals surface area (Å²) in [6.45, 7) is 0.0863. The zero-order chi connectivity index (χ0) is 14.5. The van der Waals surface area contributed by atoms with Crippen molar-refractivity contribution < 1.29 is 5.11 Å². The smallest absolute Gasteiger partial charge is 0.0682 e. The summed E-state index contributed by atoms with van der Waals surface area (Å²) < 4.78 is 0. The first kappa shape index (κ1) is 14.2. The van der Waals surface area contributed by atoms with Gasteiger partial charge in [-0.25, -0.2) is 0 Å². The highest BCUT2D eigenvalue weighted by atomic mass is 32.2. The highest BCUT2D eigenvalue weighted by Gasteiger charge is 2.07. The van der Waals surface area contributed by atoms with Gasteiger partial charge < -0.3 is 5.11 Å². The van der Waals surface area contributed by atoms with Crippen molar-refractivity contribution >= 4 is 29.5 Å². The van der Waals surface area contributed by atoms with Crippen LogP contribution >= 0.6 is 11.8 Å². The van der Waals surface area contributed by atoms with Crippen LogP contribution in [-0.4, -0.2) is 10.9 Å². The lowest BCUT2D eigenvalue weighted by molar-refractivity contribution is 0.282. The lowest BCUT2D eigenvalue weighted by Crippen LogP contribution is -1.84. The molecule has 1 nitrogen and oxygen atoms in total. The number of rotatable bonds is 4. The summed E-state index contributed by atoms with van der Waals surface area (Å²) in [5.74, 6) is 1.20. The summed E-state index contributed by atoms with van der Waals surface area (Å²) in [5, 5.41) is 11.4. The van der Waals surface area contributed by atoms with Gasteiger partial charge in [0.25, 0.3) is 0 Å². The molecule has 0 atom stereocenters. The molecule has 2 heteroatoms. The molecular formula is C19H18OS. The van der Waals surface area contributed by atoms with Gasteiger partial charge in [0.2, 0.25) is 0 Å². The van der Waals surface area contributed by atoms with Crippen molar-refractivity contribution in [1.82, 2.24) is 0 Å². The van der Waals surface area contributed by atoms with E-state index >= 15 is 0 Å². The lowest BCUT2D eigenvalue weighted by atomic mass is 10.0. The number of hydrogen-bond acceptors (Lipinski definition) is 2. The van der Waals surface area contributed by atoms with Crippen molar-refractivity contribution in [2.45, 2.75) is 13.0 Å². The molecule has 0 aliphatic carbocycles. The molecule has 0 bridgehead atoms. The predicted octanol–water partition coefficient (Wildman–Crippen LogP) is 4.83. The van der Waals surface area contributed by atoms with E-state index in [0.717, 1.165) is 17.5 Å². The molecule has 0 radical (unpaired) electrons. The molecule has 1 N–H and O–H groups in total. The van der Waals surface area contributed by atoms with Crippen LogP contribution in [0.4, 0.5) is 0 Å². The fourth-order valence-electron chi connectivity index (χ4n) is 2.43. The first-order valence-corrected chi connectivity index (χ1v) is 8.19. The normalized spacial score (nSPS) is 14.6. The number of aliphatic hydroxyl groups is 1. The Morgan fingerprint density at radius 1 is 1.00 bits per heavy atom. The van der Waals surface area contributed by atoms with E-state index in [-0.39, 0.29) is 6.61 Å². The summed E-state index contributed by atoms with van der Waals surface area (Å²) in [5.41, 5.74) is 6.03. The molecule has 2 aromatic rings. The van der Waals surface area contributed by atoms with Crippen LogP contribution in [0.25, 0.3) is 17.7 Å². The second-order valence-corrected chi connectivity index (χ2v) is 6.10. The Balaban J connectivity index is 1.80. The van der Waals surface area contributed by atoms with E-state index in [9.17, 15) is 5.11 Å². The molecule has 3 rings (SSSR count). The Bertz CT molecular complexity index is 685. The first-order valence-electron chi connectivity index (χ1n) is 7.14. The SMILES string of the molecule is OCc1cccc(C=Cc2cccc(C3=CSCC3)c2)c1. The fourth-order valence-corrected chi connectivity index (χ4v) is 3.34. The van der Waals surface area contributed by atoms with Crippen LogP contribution in [0.2, 0.25) is 0 Å². The molecule has 106 valence electrons. The monoisotopic (exact) mass is 294 g/mol. The largest absolute Gasteiger partial charge is 0.392 e. The number of hydrogen-bond donors (Lipinski definition) is 1. The molecule has 0 saturated heterocycles.